The SMILES string of the molecule is C#CCC1=C(C)[C@@H](OC(=O)[C@@H]2[C@H](C=C(F)C(=O)OC(C)C)C2(C)C)CC1=O. The molecule has 0 saturated heterocycles. The Morgan fingerprint density at radius 2 is 2.04 bits per heavy atom. The number of carbonyl (C=O) groups is 3. The van der Waals surface area contributed by atoms with E-state index in [2.05, 4.69) is 5.92 Å². The number of terminal acetylenes is 1. The zero-order valence-electron chi connectivity index (χ0n) is 16.3. The third-order valence-corrected chi connectivity index (χ3v) is 5.23. The molecule has 0 radical (unpaired) electrons. The van der Waals surface area contributed by atoms with E-state index in [1.165, 1.54) is 0 Å². The first-order valence-electron chi connectivity index (χ1n) is 8.95. The van der Waals surface area contributed by atoms with Crippen LogP contribution >= 0.6 is 0 Å². The summed E-state index contributed by atoms with van der Waals surface area (Å²) in [4.78, 5) is 36.2. The van der Waals surface area contributed by atoms with Gasteiger partial charge >= 0.3 is 11.9 Å². The van der Waals surface area contributed by atoms with Gasteiger partial charge in [-0.3, -0.25) is 9.59 Å². The van der Waals surface area contributed by atoms with Crippen LogP contribution in [-0.2, 0) is 23.9 Å². The molecule has 2 aliphatic rings. The Bertz CT molecular complexity index is 766. The second-order valence-electron chi connectivity index (χ2n) is 7.89. The average Bonchev–Trinajstić information content (AvgIpc) is 2.99. The predicted molar refractivity (Wildman–Crippen MR) is 96.8 cm³/mol. The molecule has 1 fully saturated rings. The van der Waals surface area contributed by atoms with Crippen LogP contribution in [-0.4, -0.2) is 29.9 Å². The number of carbonyl (C=O) groups excluding carboxylic acids is 3. The molecule has 27 heavy (non-hydrogen) atoms. The molecule has 0 aromatic carbocycles. The highest BCUT2D eigenvalue weighted by atomic mass is 19.1. The van der Waals surface area contributed by atoms with Crippen molar-refractivity contribution in [2.75, 3.05) is 0 Å². The fourth-order valence-corrected chi connectivity index (χ4v) is 3.48. The van der Waals surface area contributed by atoms with Gasteiger partial charge in [0.1, 0.15) is 6.10 Å². The second kappa shape index (κ2) is 7.67. The molecule has 5 nitrogen and oxygen atoms in total. The molecule has 3 atom stereocenters. The van der Waals surface area contributed by atoms with Crippen molar-refractivity contribution in [2.24, 2.45) is 17.3 Å². The maximum absolute atomic E-state index is 14.0. The van der Waals surface area contributed by atoms with E-state index in [0.29, 0.717) is 11.1 Å². The maximum atomic E-state index is 14.0. The van der Waals surface area contributed by atoms with Crippen LogP contribution in [0.2, 0.25) is 0 Å². The van der Waals surface area contributed by atoms with E-state index in [0.717, 1.165) is 6.08 Å². The molecule has 0 unspecified atom stereocenters. The summed E-state index contributed by atoms with van der Waals surface area (Å²) < 4.78 is 24.4. The fraction of sp³-hybridized carbons (Fsp3) is 0.571. The fourth-order valence-electron chi connectivity index (χ4n) is 3.48. The molecule has 1 saturated carbocycles. The molecule has 0 spiro atoms. The van der Waals surface area contributed by atoms with Gasteiger partial charge in [0.25, 0.3) is 0 Å². The van der Waals surface area contributed by atoms with Gasteiger partial charge in [-0.25, -0.2) is 4.79 Å². The molecule has 2 aliphatic carbocycles. The van der Waals surface area contributed by atoms with E-state index in [4.69, 9.17) is 15.9 Å². The molecule has 2 rings (SSSR count). The van der Waals surface area contributed by atoms with E-state index >= 15 is 0 Å². The Balaban J connectivity index is 2.06. The van der Waals surface area contributed by atoms with E-state index in [9.17, 15) is 18.8 Å². The maximum Gasteiger partial charge on any atom is 0.367 e. The molecule has 0 bridgehead atoms. The lowest BCUT2D eigenvalue weighted by Gasteiger charge is -2.13. The summed E-state index contributed by atoms with van der Waals surface area (Å²) >= 11 is 0. The van der Waals surface area contributed by atoms with Gasteiger partial charge in [0.05, 0.1) is 18.4 Å². The molecule has 146 valence electrons. The summed E-state index contributed by atoms with van der Waals surface area (Å²) in [7, 11) is 0. The van der Waals surface area contributed by atoms with Crippen molar-refractivity contribution in [3.63, 3.8) is 0 Å². The van der Waals surface area contributed by atoms with Gasteiger partial charge in [-0.2, -0.15) is 4.39 Å². The number of allylic oxidation sites excluding steroid dienone is 2. The first-order chi connectivity index (χ1) is 12.5. The van der Waals surface area contributed by atoms with Gasteiger partial charge in [-0.15, -0.1) is 12.3 Å². The van der Waals surface area contributed by atoms with Gasteiger partial charge in [-0.05, 0) is 43.8 Å². The standard InChI is InChI=1S/C21H25FO5/c1-7-8-13-12(4)17(10-16(13)23)27-20(25)18-14(21(18,5)6)9-15(22)19(24)26-11(2)3/h1,9,11,14,17-18H,8,10H2,2-6H3/t14-,17-,18-/m0/s1. The Kier molecular flexibility index (Phi) is 5.94. The highest BCUT2D eigenvalue weighted by molar-refractivity contribution is 6.00. The van der Waals surface area contributed by atoms with E-state index in [-0.39, 0.29) is 18.6 Å². The Morgan fingerprint density at radius 3 is 2.59 bits per heavy atom. The summed E-state index contributed by atoms with van der Waals surface area (Å²) in [6, 6.07) is 0. The van der Waals surface area contributed by atoms with Gasteiger partial charge in [0.2, 0.25) is 5.83 Å². The van der Waals surface area contributed by atoms with E-state index in [1.807, 2.05) is 0 Å². The van der Waals surface area contributed by atoms with Gasteiger partial charge in [0, 0.05) is 12.0 Å². The number of rotatable bonds is 6. The highest BCUT2D eigenvalue weighted by Gasteiger charge is 2.62. The van der Waals surface area contributed by atoms with Crippen molar-refractivity contribution in [3.8, 4) is 12.3 Å². The number of esters is 2. The summed E-state index contributed by atoms with van der Waals surface area (Å²) in [5.74, 6) is -1.31. The third kappa shape index (κ3) is 4.29. The van der Waals surface area contributed by atoms with Gasteiger partial charge in [0.15, 0.2) is 5.78 Å². The van der Waals surface area contributed by atoms with Crippen molar-refractivity contribution in [1.82, 2.24) is 0 Å². The summed E-state index contributed by atoms with van der Waals surface area (Å²) in [6.07, 6.45) is 5.62. The number of Topliss-reactive ketones (excluding diaryl/α,β-unsaturated/α-hetero) is 1. The first kappa shape index (κ1) is 20.9. The lowest BCUT2D eigenvalue weighted by molar-refractivity contribution is -0.150. The van der Waals surface area contributed by atoms with Crippen LogP contribution in [0.5, 0.6) is 0 Å². The van der Waals surface area contributed by atoms with Gasteiger partial charge < -0.3 is 9.47 Å². The molecule has 0 aromatic heterocycles. The predicted octanol–water partition coefficient (Wildman–Crippen LogP) is 3.29. The van der Waals surface area contributed by atoms with E-state index < -0.39 is 47.2 Å². The highest BCUT2D eigenvalue weighted by Crippen LogP contribution is 2.60. The molecular formula is C21H25FO5. The number of hydrogen-bond acceptors (Lipinski definition) is 5. The van der Waals surface area contributed by atoms with Crippen molar-refractivity contribution in [3.05, 3.63) is 23.0 Å². The number of halogens is 1. The largest absolute Gasteiger partial charge is 0.458 e. The Morgan fingerprint density at radius 1 is 1.41 bits per heavy atom. The van der Waals surface area contributed by atoms with Crippen molar-refractivity contribution in [1.29, 1.82) is 0 Å². The molecule has 0 aliphatic heterocycles. The van der Waals surface area contributed by atoms with Gasteiger partial charge in [-0.1, -0.05) is 13.8 Å². The lowest BCUT2D eigenvalue weighted by Crippen LogP contribution is -2.20. The van der Waals surface area contributed by atoms with Crippen LogP contribution in [0.1, 0.15) is 47.5 Å². The summed E-state index contributed by atoms with van der Waals surface area (Å²) in [5, 5.41) is 0. The monoisotopic (exact) mass is 376 g/mol. The third-order valence-electron chi connectivity index (χ3n) is 5.23. The topological polar surface area (TPSA) is 69.7 Å². The van der Waals surface area contributed by atoms with Crippen LogP contribution in [0.25, 0.3) is 0 Å². The Labute approximate surface area is 159 Å². The quantitative estimate of drug-likeness (QED) is 0.404. The summed E-state index contributed by atoms with van der Waals surface area (Å²) in [6.45, 7) is 8.58. The Hall–Kier alpha value is -2.42. The molecule has 0 aromatic rings. The zero-order chi connectivity index (χ0) is 20.5. The number of hydrogen-bond donors (Lipinski definition) is 0. The van der Waals surface area contributed by atoms with Crippen LogP contribution in [0, 0.1) is 29.6 Å². The second-order valence-corrected chi connectivity index (χ2v) is 7.89. The molecule has 0 N–H and O–H groups in total. The normalized spacial score (nSPS) is 26.8. The van der Waals surface area contributed by atoms with Crippen LogP contribution in [0.3, 0.4) is 0 Å². The van der Waals surface area contributed by atoms with Crippen molar-refractivity contribution < 1.29 is 28.2 Å². The smallest absolute Gasteiger partial charge is 0.367 e. The van der Waals surface area contributed by atoms with Crippen LogP contribution in [0.15, 0.2) is 23.0 Å². The lowest BCUT2D eigenvalue weighted by atomic mass is 10.1. The minimum Gasteiger partial charge on any atom is -0.458 e. The first-order valence-corrected chi connectivity index (χ1v) is 8.95. The molecule has 0 heterocycles. The van der Waals surface area contributed by atoms with E-state index in [1.54, 1.807) is 34.6 Å². The molecule has 0 amide bonds. The molecule has 6 heteroatoms. The van der Waals surface area contributed by atoms with Crippen LogP contribution in [0.4, 0.5) is 4.39 Å². The summed E-state index contributed by atoms with van der Waals surface area (Å²) in [5.41, 5.74) is 0.641. The minimum atomic E-state index is -1.04. The average molecular weight is 376 g/mol. The van der Waals surface area contributed by atoms with Crippen LogP contribution < -0.4 is 0 Å². The number of ether oxygens (including phenoxy) is 2. The van der Waals surface area contributed by atoms with Crippen molar-refractivity contribution >= 4 is 17.7 Å². The van der Waals surface area contributed by atoms with Crippen molar-refractivity contribution in [2.45, 2.75) is 59.7 Å². The molecular weight excluding hydrogens is 351 g/mol. The minimum absolute atomic E-state index is 0.0807. The zero-order valence-corrected chi connectivity index (χ0v) is 16.3. The number of ketones is 1.